The number of thioether (sulfide) groups is 1. The summed E-state index contributed by atoms with van der Waals surface area (Å²) < 4.78 is 60.5. The molecule has 1 amide bonds. The molecule has 1 aliphatic rings. The first kappa shape index (κ1) is 19.0. The molecule has 0 bridgehead atoms. The van der Waals surface area contributed by atoms with E-state index in [1.165, 1.54) is 11.0 Å². The van der Waals surface area contributed by atoms with Crippen LogP contribution in [0.1, 0.15) is 18.9 Å². The van der Waals surface area contributed by atoms with Crippen molar-refractivity contribution >= 4 is 27.5 Å². The molecule has 1 aromatic heterocycles. The van der Waals surface area contributed by atoms with Crippen LogP contribution in [0.2, 0.25) is 0 Å². The van der Waals surface area contributed by atoms with Crippen molar-refractivity contribution in [2.24, 2.45) is 0 Å². The summed E-state index contributed by atoms with van der Waals surface area (Å²) >= 11 is 1.04. The van der Waals surface area contributed by atoms with Gasteiger partial charge < -0.3 is 4.90 Å². The van der Waals surface area contributed by atoms with E-state index >= 15 is 0 Å². The van der Waals surface area contributed by atoms with Gasteiger partial charge in [0.15, 0.2) is 9.84 Å². The molecule has 2 unspecified atom stereocenters. The molecule has 5 nitrogen and oxygen atoms in total. The number of alkyl halides is 3. The van der Waals surface area contributed by atoms with Crippen LogP contribution in [0.15, 0.2) is 23.4 Å². The number of hydrogen-bond acceptors (Lipinski definition) is 5. The summed E-state index contributed by atoms with van der Waals surface area (Å²) in [6, 6.07) is 1.78. The summed E-state index contributed by atoms with van der Waals surface area (Å²) in [5, 5.41) is -0.279. The van der Waals surface area contributed by atoms with E-state index in [1.807, 2.05) is 0 Å². The molecule has 0 radical (unpaired) electrons. The van der Waals surface area contributed by atoms with Crippen molar-refractivity contribution in [3.05, 3.63) is 23.9 Å². The second-order valence-corrected chi connectivity index (χ2v) is 9.24. The average Bonchev–Trinajstić information content (AvgIpc) is 2.85. The van der Waals surface area contributed by atoms with E-state index in [1.54, 1.807) is 14.0 Å². The number of rotatable bonds is 4. The van der Waals surface area contributed by atoms with Crippen molar-refractivity contribution in [2.75, 3.05) is 18.6 Å². The highest BCUT2D eigenvalue weighted by Gasteiger charge is 2.34. The van der Waals surface area contributed by atoms with Crippen molar-refractivity contribution in [2.45, 2.75) is 35.8 Å². The average molecular weight is 382 g/mol. The summed E-state index contributed by atoms with van der Waals surface area (Å²) in [6.45, 7) is 1.62. The van der Waals surface area contributed by atoms with E-state index in [0.29, 0.717) is 11.4 Å². The third-order valence-electron chi connectivity index (χ3n) is 3.81. The molecule has 2 atom stereocenters. The summed E-state index contributed by atoms with van der Waals surface area (Å²) in [5.74, 6) is -0.258. The third-order valence-corrected chi connectivity index (χ3v) is 6.60. The SMILES string of the molecule is CC(Sc1ccc(C(F)(F)F)cn1)C(=O)N(C)C1CCS(=O)(=O)C1. The van der Waals surface area contributed by atoms with Crippen LogP contribution in [0.5, 0.6) is 0 Å². The Bertz CT molecular complexity index is 705. The molecule has 1 aromatic rings. The van der Waals surface area contributed by atoms with Gasteiger partial charge in [0.1, 0.15) is 0 Å². The smallest absolute Gasteiger partial charge is 0.341 e. The topological polar surface area (TPSA) is 67.3 Å². The predicted molar refractivity (Wildman–Crippen MR) is 84.4 cm³/mol. The number of nitrogens with zero attached hydrogens (tertiary/aromatic N) is 2. The second-order valence-electron chi connectivity index (χ2n) is 5.65. The highest BCUT2D eigenvalue weighted by Crippen LogP contribution is 2.31. The van der Waals surface area contributed by atoms with E-state index in [-0.39, 0.29) is 23.5 Å². The Morgan fingerprint density at radius 1 is 1.42 bits per heavy atom. The molecular formula is C14H17F3N2O3S2. The summed E-state index contributed by atoms with van der Waals surface area (Å²) in [4.78, 5) is 17.5. The first-order valence-corrected chi connectivity index (χ1v) is 9.87. The number of halogens is 3. The largest absolute Gasteiger partial charge is 0.417 e. The molecule has 0 N–H and O–H groups in total. The lowest BCUT2D eigenvalue weighted by Crippen LogP contribution is -2.41. The van der Waals surface area contributed by atoms with Crippen LogP contribution < -0.4 is 0 Å². The van der Waals surface area contributed by atoms with E-state index < -0.39 is 26.8 Å². The quantitative estimate of drug-likeness (QED) is 0.747. The molecule has 0 spiro atoms. The van der Waals surface area contributed by atoms with Crippen LogP contribution >= 0.6 is 11.8 Å². The lowest BCUT2D eigenvalue weighted by molar-refractivity contribution is -0.138. The Labute approximate surface area is 142 Å². The van der Waals surface area contributed by atoms with Gasteiger partial charge in [-0.3, -0.25) is 4.79 Å². The van der Waals surface area contributed by atoms with Gasteiger partial charge in [0.05, 0.1) is 27.3 Å². The number of aromatic nitrogens is 1. The fraction of sp³-hybridized carbons (Fsp3) is 0.571. The maximum Gasteiger partial charge on any atom is 0.417 e. The van der Waals surface area contributed by atoms with Crippen molar-refractivity contribution in [1.82, 2.24) is 9.88 Å². The lowest BCUT2D eigenvalue weighted by atomic mass is 10.2. The van der Waals surface area contributed by atoms with Gasteiger partial charge in [-0.1, -0.05) is 11.8 Å². The fourth-order valence-corrected chi connectivity index (χ4v) is 5.06. The fourth-order valence-electron chi connectivity index (χ4n) is 2.40. The molecule has 2 heterocycles. The van der Waals surface area contributed by atoms with Crippen LogP contribution in [0, 0.1) is 0 Å². The van der Waals surface area contributed by atoms with Gasteiger partial charge >= 0.3 is 6.18 Å². The molecule has 0 aromatic carbocycles. The maximum atomic E-state index is 12.5. The number of hydrogen-bond donors (Lipinski definition) is 0. The Balaban J connectivity index is 1.98. The number of pyridine rings is 1. The Hall–Kier alpha value is -1.29. The van der Waals surface area contributed by atoms with E-state index in [4.69, 9.17) is 0 Å². The summed E-state index contributed by atoms with van der Waals surface area (Å²) in [7, 11) is -1.55. The molecule has 1 saturated heterocycles. The Morgan fingerprint density at radius 2 is 2.08 bits per heavy atom. The van der Waals surface area contributed by atoms with Crippen LogP contribution in [-0.2, 0) is 20.8 Å². The number of carbonyl (C=O) groups excluding carboxylic acids is 1. The number of amides is 1. The molecule has 10 heteroatoms. The van der Waals surface area contributed by atoms with Crippen LogP contribution in [0.3, 0.4) is 0 Å². The van der Waals surface area contributed by atoms with Crippen molar-refractivity contribution in [1.29, 1.82) is 0 Å². The molecule has 2 rings (SSSR count). The zero-order valence-corrected chi connectivity index (χ0v) is 14.7. The first-order chi connectivity index (χ1) is 11.0. The van der Waals surface area contributed by atoms with Gasteiger partial charge in [-0.05, 0) is 25.5 Å². The Morgan fingerprint density at radius 3 is 2.54 bits per heavy atom. The third kappa shape index (κ3) is 4.62. The highest BCUT2D eigenvalue weighted by molar-refractivity contribution is 8.00. The molecule has 24 heavy (non-hydrogen) atoms. The van der Waals surface area contributed by atoms with Gasteiger partial charge in [0.2, 0.25) is 5.91 Å². The maximum absolute atomic E-state index is 12.5. The van der Waals surface area contributed by atoms with Crippen molar-refractivity contribution in [3.63, 3.8) is 0 Å². The predicted octanol–water partition coefficient (Wildman–Crippen LogP) is 2.23. The summed E-state index contributed by atoms with van der Waals surface area (Å²) in [6.07, 6.45) is -3.32. The normalized spacial score (nSPS) is 21.5. The minimum Gasteiger partial charge on any atom is -0.341 e. The van der Waals surface area contributed by atoms with Crippen LogP contribution in [0.4, 0.5) is 13.2 Å². The van der Waals surface area contributed by atoms with Gasteiger partial charge in [-0.15, -0.1) is 0 Å². The molecule has 0 aliphatic carbocycles. The van der Waals surface area contributed by atoms with E-state index in [0.717, 1.165) is 24.0 Å². The van der Waals surface area contributed by atoms with Crippen LogP contribution in [-0.4, -0.2) is 54.1 Å². The monoisotopic (exact) mass is 382 g/mol. The standard InChI is InChI=1S/C14H17F3N2O3S2/c1-9(13(20)19(2)11-5-6-24(21,22)8-11)23-12-4-3-10(7-18-12)14(15,16)17/h3-4,7,9,11H,5-6,8H2,1-2H3. The highest BCUT2D eigenvalue weighted by atomic mass is 32.2. The van der Waals surface area contributed by atoms with Gasteiger partial charge in [0.25, 0.3) is 0 Å². The van der Waals surface area contributed by atoms with Gasteiger partial charge in [-0.2, -0.15) is 13.2 Å². The first-order valence-electron chi connectivity index (χ1n) is 7.16. The van der Waals surface area contributed by atoms with E-state index in [9.17, 15) is 26.4 Å². The summed E-state index contributed by atoms with van der Waals surface area (Å²) in [5.41, 5.74) is -0.848. The molecule has 1 aliphatic heterocycles. The second kappa shape index (κ2) is 6.91. The number of sulfone groups is 1. The number of carbonyl (C=O) groups is 1. The van der Waals surface area contributed by atoms with E-state index in [2.05, 4.69) is 4.98 Å². The van der Waals surface area contributed by atoms with Crippen molar-refractivity contribution < 1.29 is 26.4 Å². The zero-order valence-electron chi connectivity index (χ0n) is 13.1. The Kier molecular flexibility index (Phi) is 5.48. The lowest BCUT2D eigenvalue weighted by Gasteiger charge is -2.26. The minimum atomic E-state index is -4.45. The molecule has 1 fully saturated rings. The molecule has 0 saturated carbocycles. The molecular weight excluding hydrogens is 365 g/mol. The zero-order chi connectivity index (χ0) is 18.1. The molecule has 134 valence electrons. The van der Waals surface area contributed by atoms with Gasteiger partial charge in [0, 0.05) is 19.3 Å². The minimum absolute atomic E-state index is 0.0504. The van der Waals surface area contributed by atoms with Crippen LogP contribution in [0.25, 0.3) is 0 Å². The van der Waals surface area contributed by atoms with Crippen molar-refractivity contribution in [3.8, 4) is 0 Å². The van der Waals surface area contributed by atoms with Gasteiger partial charge in [-0.25, -0.2) is 13.4 Å².